The van der Waals surface area contributed by atoms with Gasteiger partial charge < -0.3 is 10.5 Å². The molecule has 1 heterocycles. The number of benzene rings is 1. The summed E-state index contributed by atoms with van der Waals surface area (Å²) in [5.74, 6) is 0.743. The molecular weight excluding hydrogens is 316 g/mol. The molecule has 0 unspecified atom stereocenters. The van der Waals surface area contributed by atoms with Crippen molar-refractivity contribution in [2.24, 2.45) is 0 Å². The van der Waals surface area contributed by atoms with E-state index in [1.165, 1.54) is 11.8 Å². The van der Waals surface area contributed by atoms with Gasteiger partial charge in [-0.1, -0.05) is 23.7 Å². The van der Waals surface area contributed by atoms with Gasteiger partial charge in [0.1, 0.15) is 5.03 Å². The number of nitrogens with one attached hydrogen (secondary N) is 1. The normalized spacial score (nSPS) is 13.7. The maximum absolute atomic E-state index is 10.1. The number of hydrogen-bond donors (Lipinski definition) is 2. The fourth-order valence-electron chi connectivity index (χ4n) is 2.85. The number of fused-ring (bicyclic) bond motifs is 1. The number of halogens is 1. The SMILES string of the molecule is N=Cc1c(O)nc(SCc2cccc(Cl)c2)c2c1CCCC2. The summed E-state index contributed by atoms with van der Waals surface area (Å²) in [7, 11) is 0. The maximum Gasteiger partial charge on any atom is 0.221 e. The molecule has 3 rings (SSSR count). The molecule has 0 radical (unpaired) electrons. The second kappa shape index (κ2) is 6.71. The van der Waals surface area contributed by atoms with Gasteiger partial charge in [0.05, 0.1) is 5.56 Å². The second-order valence-corrected chi connectivity index (χ2v) is 6.78. The van der Waals surface area contributed by atoms with E-state index in [4.69, 9.17) is 17.0 Å². The van der Waals surface area contributed by atoms with Gasteiger partial charge in [0, 0.05) is 17.0 Å². The smallest absolute Gasteiger partial charge is 0.221 e. The zero-order valence-electron chi connectivity index (χ0n) is 12.1. The Kier molecular flexibility index (Phi) is 4.69. The van der Waals surface area contributed by atoms with Crippen LogP contribution in [0.2, 0.25) is 5.02 Å². The summed E-state index contributed by atoms with van der Waals surface area (Å²) in [4.78, 5) is 4.33. The van der Waals surface area contributed by atoms with E-state index in [2.05, 4.69) is 4.98 Å². The second-order valence-electron chi connectivity index (χ2n) is 5.38. The maximum atomic E-state index is 10.1. The molecular formula is C17H17ClN2OS. The lowest BCUT2D eigenvalue weighted by atomic mass is 9.90. The van der Waals surface area contributed by atoms with E-state index in [1.54, 1.807) is 11.8 Å². The highest BCUT2D eigenvalue weighted by atomic mass is 35.5. The van der Waals surface area contributed by atoms with Gasteiger partial charge in [-0.3, -0.25) is 0 Å². The molecule has 1 aliphatic rings. The molecule has 0 spiro atoms. The van der Waals surface area contributed by atoms with Crippen LogP contribution in [0.15, 0.2) is 29.3 Å². The quantitative estimate of drug-likeness (QED) is 0.635. The van der Waals surface area contributed by atoms with Crippen molar-refractivity contribution in [1.82, 2.24) is 4.98 Å². The van der Waals surface area contributed by atoms with E-state index in [0.29, 0.717) is 5.56 Å². The van der Waals surface area contributed by atoms with Gasteiger partial charge in [0.25, 0.3) is 0 Å². The zero-order valence-corrected chi connectivity index (χ0v) is 13.7. The number of pyridine rings is 1. The van der Waals surface area contributed by atoms with Crippen molar-refractivity contribution in [2.75, 3.05) is 0 Å². The van der Waals surface area contributed by atoms with Crippen molar-refractivity contribution in [3.05, 3.63) is 51.5 Å². The topological polar surface area (TPSA) is 57.0 Å². The largest absolute Gasteiger partial charge is 0.493 e. The van der Waals surface area contributed by atoms with Gasteiger partial charge in [-0.15, -0.1) is 11.8 Å². The predicted octanol–water partition coefficient (Wildman–Crippen LogP) is 4.61. The highest BCUT2D eigenvalue weighted by Gasteiger charge is 2.21. The molecule has 0 amide bonds. The van der Waals surface area contributed by atoms with Gasteiger partial charge in [0.15, 0.2) is 0 Å². The summed E-state index contributed by atoms with van der Waals surface area (Å²) in [6.07, 6.45) is 5.36. The number of hydrogen-bond acceptors (Lipinski definition) is 4. The molecule has 0 saturated heterocycles. The average Bonchev–Trinajstić information content (AvgIpc) is 2.53. The Bertz CT molecular complexity index is 718. The van der Waals surface area contributed by atoms with Crippen LogP contribution in [0.5, 0.6) is 5.88 Å². The van der Waals surface area contributed by atoms with Crippen molar-refractivity contribution in [3.8, 4) is 5.88 Å². The Morgan fingerprint density at radius 1 is 1.27 bits per heavy atom. The van der Waals surface area contributed by atoms with Crippen molar-refractivity contribution in [3.63, 3.8) is 0 Å². The first-order valence-corrected chi connectivity index (χ1v) is 8.68. The van der Waals surface area contributed by atoms with E-state index in [-0.39, 0.29) is 5.88 Å². The third-order valence-corrected chi connectivity index (χ3v) is 5.23. The van der Waals surface area contributed by atoms with Crippen LogP contribution >= 0.6 is 23.4 Å². The van der Waals surface area contributed by atoms with Gasteiger partial charge >= 0.3 is 0 Å². The molecule has 1 aromatic carbocycles. The van der Waals surface area contributed by atoms with E-state index in [1.807, 2.05) is 24.3 Å². The third-order valence-electron chi connectivity index (χ3n) is 3.91. The molecule has 0 fully saturated rings. The van der Waals surface area contributed by atoms with Crippen LogP contribution in [0.25, 0.3) is 0 Å². The number of aromatic hydroxyl groups is 1. The first kappa shape index (κ1) is 15.4. The fraction of sp³-hybridized carbons (Fsp3) is 0.294. The molecule has 2 N–H and O–H groups in total. The molecule has 0 saturated carbocycles. The monoisotopic (exact) mass is 332 g/mol. The summed E-state index contributed by atoms with van der Waals surface area (Å²) in [6, 6.07) is 7.79. The van der Waals surface area contributed by atoms with Gasteiger partial charge in [-0.25, -0.2) is 4.98 Å². The molecule has 2 aromatic rings. The summed E-state index contributed by atoms with van der Waals surface area (Å²) in [6.45, 7) is 0. The Hall–Kier alpha value is -1.52. The van der Waals surface area contributed by atoms with E-state index >= 15 is 0 Å². The summed E-state index contributed by atoms with van der Waals surface area (Å²) >= 11 is 7.64. The van der Waals surface area contributed by atoms with Crippen LogP contribution < -0.4 is 0 Å². The fourth-order valence-corrected chi connectivity index (χ4v) is 4.09. The third kappa shape index (κ3) is 3.13. The van der Waals surface area contributed by atoms with Crippen LogP contribution in [0.1, 0.15) is 35.1 Å². The molecule has 5 heteroatoms. The van der Waals surface area contributed by atoms with Crippen LogP contribution in [0, 0.1) is 5.41 Å². The Balaban J connectivity index is 1.90. The highest BCUT2D eigenvalue weighted by molar-refractivity contribution is 7.98. The van der Waals surface area contributed by atoms with Gasteiger partial charge in [0.2, 0.25) is 5.88 Å². The van der Waals surface area contributed by atoms with Crippen molar-refractivity contribution in [1.29, 1.82) is 5.41 Å². The van der Waals surface area contributed by atoms with Crippen LogP contribution in [-0.4, -0.2) is 16.3 Å². The summed E-state index contributed by atoms with van der Waals surface area (Å²) in [5, 5.41) is 19.2. The first-order chi connectivity index (χ1) is 10.7. The van der Waals surface area contributed by atoms with Crippen LogP contribution in [0.4, 0.5) is 0 Å². The van der Waals surface area contributed by atoms with Crippen LogP contribution in [-0.2, 0) is 18.6 Å². The highest BCUT2D eigenvalue weighted by Crippen LogP contribution is 2.36. The minimum atomic E-state index is -0.0238. The van der Waals surface area contributed by atoms with Gasteiger partial charge in [-0.05, 0) is 54.5 Å². The molecule has 22 heavy (non-hydrogen) atoms. The first-order valence-electron chi connectivity index (χ1n) is 7.31. The molecule has 114 valence electrons. The lowest BCUT2D eigenvalue weighted by molar-refractivity contribution is 0.443. The molecule has 1 aromatic heterocycles. The summed E-state index contributed by atoms with van der Waals surface area (Å²) < 4.78 is 0. The van der Waals surface area contributed by atoms with Gasteiger partial charge in [-0.2, -0.15) is 0 Å². The minimum absolute atomic E-state index is 0.0238. The Morgan fingerprint density at radius 3 is 2.77 bits per heavy atom. The van der Waals surface area contributed by atoms with Crippen LogP contribution in [0.3, 0.4) is 0 Å². The molecule has 1 aliphatic carbocycles. The predicted molar refractivity (Wildman–Crippen MR) is 91.4 cm³/mol. The van der Waals surface area contributed by atoms with Crippen molar-refractivity contribution >= 4 is 29.6 Å². The van der Waals surface area contributed by atoms with E-state index in [0.717, 1.165) is 52.6 Å². The van der Waals surface area contributed by atoms with Crippen molar-refractivity contribution in [2.45, 2.75) is 36.5 Å². The molecule has 0 aliphatic heterocycles. The lowest BCUT2D eigenvalue weighted by Gasteiger charge is -2.21. The Morgan fingerprint density at radius 2 is 2.05 bits per heavy atom. The zero-order chi connectivity index (χ0) is 15.5. The number of aromatic nitrogens is 1. The van der Waals surface area contributed by atoms with E-state index in [9.17, 15) is 5.11 Å². The molecule has 0 atom stereocenters. The van der Waals surface area contributed by atoms with Crippen molar-refractivity contribution < 1.29 is 5.11 Å². The number of nitrogens with zero attached hydrogens (tertiary/aromatic N) is 1. The summed E-state index contributed by atoms with van der Waals surface area (Å²) in [5.41, 5.74) is 4.03. The van der Waals surface area contributed by atoms with E-state index < -0.39 is 0 Å². The number of thioether (sulfide) groups is 1. The molecule has 3 nitrogen and oxygen atoms in total. The average molecular weight is 333 g/mol. The minimum Gasteiger partial charge on any atom is -0.493 e. The Labute approximate surface area is 139 Å². The number of rotatable bonds is 4. The lowest BCUT2D eigenvalue weighted by Crippen LogP contribution is -2.10. The molecule has 0 bridgehead atoms. The standard InChI is InChI=1S/C17H17ClN2OS/c18-12-5-3-4-11(8-12)10-22-17-14-7-2-1-6-13(14)15(9-19)16(21)20-17/h3-5,8-9,19H,1-2,6-7,10H2,(H,20,21).